The SMILES string of the molecule is c1ccc(COC2CC(C3CCCN3)C2)cc1. The van der Waals surface area contributed by atoms with E-state index >= 15 is 0 Å². The standard InChI is InChI=1S/C15H21NO/c1-2-5-12(6-3-1)11-17-14-9-13(10-14)15-7-4-8-16-15/h1-3,5-6,13-16H,4,7-11H2. The molecule has 2 heteroatoms. The van der Waals surface area contributed by atoms with Crippen molar-refractivity contribution in [2.45, 2.75) is 44.4 Å². The van der Waals surface area contributed by atoms with E-state index < -0.39 is 0 Å². The van der Waals surface area contributed by atoms with Gasteiger partial charge in [0.1, 0.15) is 0 Å². The fourth-order valence-electron chi connectivity index (χ4n) is 2.97. The van der Waals surface area contributed by atoms with Gasteiger partial charge in [-0.15, -0.1) is 0 Å². The van der Waals surface area contributed by atoms with Gasteiger partial charge in [0, 0.05) is 6.04 Å². The summed E-state index contributed by atoms with van der Waals surface area (Å²) >= 11 is 0. The number of rotatable bonds is 4. The third-order valence-corrected chi connectivity index (χ3v) is 4.13. The maximum absolute atomic E-state index is 5.93. The Morgan fingerprint density at radius 3 is 2.71 bits per heavy atom. The molecule has 1 saturated carbocycles. The van der Waals surface area contributed by atoms with Crippen molar-refractivity contribution in [3.63, 3.8) is 0 Å². The number of ether oxygens (including phenoxy) is 1. The van der Waals surface area contributed by atoms with Crippen molar-refractivity contribution >= 4 is 0 Å². The number of nitrogens with one attached hydrogen (secondary N) is 1. The van der Waals surface area contributed by atoms with Crippen LogP contribution < -0.4 is 5.32 Å². The molecule has 0 spiro atoms. The predicted octanol–water partition coefficient (Wildman–Crippen LogP) is 2.73. The van der Waals surface area contributed by atoms with Crippen LogP contribution in [0.3, 0.4) is 0 Å². The third kappa shape index (κ3) is 2.70. The molecule has 1 saturated heterocycles. The zero-order chi connectivity index (χ0) is 11.5. The van der Waals surface area contributed by atoms with E-state index in [4.69, 9.17) is 4.74 Å². The lowest BCUT2D eigenvalue weighted by Gasteiger charge is -2.39. The Bertz CT molecular complexity index is 339. The first kappa shape index (κ1) is 11.2. The monoisotopic (exact) mass is 231 g/mol. The summed E-state index contributed by atoms with van der Waals surface area (Å²) in [6.07, 6.45) is 5.74. The van der Waals surface area contributed by atoms with Gasteiger partial charge in [0.25, 0.3) is 0 Å². The lowest BCUT2D eigenvalue weighted by molar-refractivity contribution is -0.0480. The number of hydrogen-bond acceptors (Lipinski definition) is 2. The van der Waals surface area contributed by atoms with Crippen LogP contribution in [-0.2, 0) is 11.3 Å². The van der Waals surface area contributed by atoms with E-state index in [1.165, 1.54) is 37.8 Å². The van der Waals surface area contributed by atoms with E-state index in [1.54, 1.807) is 0 Å². The second kappa shape index (κ2) is 5.19. The van der Waals surface area contributed by atoms with Gasteiger partial charge >= 0.3 is 0 Å². The van der Waals surface area contributed by atoms with E-state index in [9.17, 15) is 0 Å². The van der Waals surface area contributed by atoms with Crippen LogP contribution in [0.1, 0.15) is 31.2 Å². The van der Waals surface area contributed by atoms with Gasteiger partial charge in [-0.3, -0.25) is 0 Å². The van der Waals surface area contributed by atoms with Crippen molar-refractivity contribution in [1.82, 2.24) is 5.32 Å². The number of benzene rings is 1. The van der Waals surface area contributed by atoms with Crippen molar-refractivity contribution in [1.29, 1.82) is 0 Å². The molecule has 1 atom stereocenters. The van der Waals surface area contributed by atoms with Crippen LogP contribution in [0.5, 0.6) is 0 Å². The van der Waals surface area contributed by atoms with Gasteiger partial charge in [-0.05, 0) is 43.7 Å². The first-order valence-corrected chi connectivity index (χ1v) is 6.81. The molecule has 0 bridgehead atoms. The molecular formula is C15H21NO. The fraction of sp³-hybridized carbons (Fsp3) is 0.600. The second-order valence-electron chi connectivity index (χ2n) is 5.35. The molecule has 1 heterocycles. The van der Waals surface area contributed by atoms with Crippen LogP contribution in [0.2, 0.25) is 0 Å². The summed E-state index contributed by atoms with van der Waals surface area (Å²) in [5.41, 5.74) is 1.29. The summed E-state index contributed by atoms with van der Waals surface area (Å²) < 4.78 is 5.93. The maximum atomic E-state index is 5.93. The zero-order valence-corrected chi connectivity index (χ0v) is 10.3. The molecule has 3 rings (SSSR count). The quantitative estimate of drug-likeness (QED) is 0.860. The smallest absolute Gasteiger partial charge is 0.0720 e. The van der Waals surface area contributed by atoms with Crippen molar-refractivity contribution in [3.8, 4) is 0 Å². The molecular weight excluding hydrogens is 210 g/mol. The maximum Gasteiger partial charge on any atom is 0.0720 e. The zero-order valence-electron chi connectivity index (χ0n) is 10.3. The van der Waals surface area contributed by atoms with Crippen LogP contribution in [0, 0.1) is 5.92 Å². The summed E-state index contributed by atoms with van der Waals surface area (Å²) in [5.74, 6) is 0.873. The minimum Gasteiger partial charge on any atom is -0.374 e. The van der Waals surface area contributed by atoms with Crippen LogP contribution in [0.15, 0.2) is 30.3 Å². The van der Waals surface area contributed by atoms with E-state index in [0.29, 0.717) is 6.10 Å². The highest BCUT2D eigenvalue weighted by molar-refractivity contribution is 5.13. The second-order valence-corrected chi connectivity index (χ2v) is 5.35. The molecule has 1 aliphatic carbocycles. The third-order valence-electron chi connectivity index (χ3n) is 4.13. The topological polar surface area (TPSA) is 21.3 Å². The van der Waals surface area contributed by atoms with Crippen molar-refractivity contribution < 1.29 is 4.74 Å². The first-order chi connectivity index (χ1) is 8.42. The number of hydrogen-bond donors (Lipinski definition) is 1. The van der Waals surface area contributed by atoms with Crippen molar-refractivity contribution in [2.24, 2.45) is 5.92 Å². The van der Waals surface area contributed by atoms with Crippen molar-refractivity contribution in [2.75, 3.05) is 6.54 Å². The Kier molecular flexibility index (Phi) is 3.44. The van der Waals surface area contributed by atoms with Crippen LogP contribution in [0.25, 0.3) is 0 Å². The summed E-state index contributed by atoms with van der Waals surface area (Å²) in [6, 6.07) is 11.2. The summed E-state index contributed by atoms with van der Waals surface area (Å²) in [5, 5.41) is 3.60. The van der Waals surface area contributed by atoms with Gasteiger partial charge in [-0.2, -0.15) is 0 Å². The molecule has 1 N–H and O–H groups in total. The molecule has 0 radical (unpaired) electrons. The Labute approximate surface area is 103 Å². The molecule has 1 aromatic rings. The largest absolute Gasteiger partial charge is 0.374 e. The van der Waals surface area contributed by atoms with E-state index in [0.717, 1.165) is 18.6 Å². The Hall–Kier alpha value is -0.860. The summed E-state index contributed by atoms with van der Waals surface area (Å²) in [7, 11) is 0. The minimum atomic E-state index is 0.502. The minimum absolute atomic E-state index is 0.502. The molecule has 2 nitrogen and oxygen atoms in total. The normalized spacial score (nSPS) is 32.4. The molecule has 0 aromatic heterocycles. The average molecular weight is 231 g/mol. The Balaban J connectivity index is 1.38. The van der Waals surface area contributed by atoms with Gasteiger partial charge < -0.3 is 10.1 Å². The highest BCUT2D eigenvalue weighted by Crippen LogP contribution is 2.35. The molecule has 0 amide bonds. The predicted molar refractivity (Wildman–Crippen MR) is 68.8 cm³/mol. The van der Waals surface area contributed by atoms with Crippen LogP contribution >= 0.6 is 0 Å². The highest BCUT2D eigenvalue weighted by atomic mass is 16.5. The Morgan fingerprint density at radius 1 is 1.18 bits per heavy atom. The summed E-state index contributed by atoms with van der Waals surface area (Å²) in [6.45, 7) is 1.99. The lowest BCUT2D eigenvalue weighted by Crippen LogP contribution is -2.42. The van der Waals surface area contributed by atoms with Gasteiger partial charge in [-0.25, -0.2) is 0 Å². The molecule has 92 valence electrons. The van der Waals surface area contributed by atoms with E-state index in [1.807, 2.05) is 0 Å². The highest BCUT2D eigenvalue weighted by Gasteiger charge is 2.36. The summed E-state index contributed by atoms with van der Waals surface area (Å²) in [4.78, 5) is 0. The van der Waals surface area contributed by atoms with Gasteiger partial charge in [0.05, 0.1) is 12.7 Å². The molecule has 2 aliphatic rings. The fourth-order valence-corrected chi connectivity index (χ4v) is 2.97. The van der Waals surface area contributed by atoms with Gasteiger partial charge in [-0.1, -0.05) is 30.3 Å². The first-order valence-electron chi connectivity index (χ1n) is 6.81. The van der Waals surface area contributed by atoms with Crippen molar-refractivity contribution in [3.05, 3.63) is 35.9 Å². The van der Waals surface area contributed by atoms with Crippen LogP contribution in [0.4, 0.5) is 0 Å². The molecule has 2 fully saturated rings. The van der Waals surface area contributed by atoms with Gasteiger partial charge in [0.2, 0.25) is 0 Å². The molecule has 1 aliphatic heterocycles. The molecule has 1 aromatic carbocycles. The Morgan fingerprint density at radius 2 is 2.00 bits per heavy atom. The molecule has 1 unspecified atom stereocenters. The molecule has 17 heavy (non-hydrogen) atoms. The van der Waals surface area contributed by atoms with Gasteiger partial charge in [0.15, 0.2) is 0 Å². The average Bonchev–Trinajstić information content (AvgIpc) is 2.82. The van der Waals surface area contributed by atoms with E-state index in [-0.39, 0.29) is 0 Å². The lowest BCUT2D eigenvalue weighted by atomic mass is 9.76. The van der Waals surface area contributed by atoms with E-state index in [2.05, 4.69) is 35.6 Å². The van der Waals surface area contributed by atoms with Crippen LogP contribution in [-0.4, -0.2) is 18.7 Å².